The van der Waals surface area contributed by atoms with Crippen LogP contribution >= 0.6 is 24.0 Å². The van der Waals surface area contributed by atoms with Gasteiger partial charge in [-0.25, -0.2) is 0 Å². The molecule has 0 amide bonds. The van der Waals surface area contributed by atoms with Crippen molar-refractivity contribution >= 4 is 29.9 Å². The van der Waals surface area contributed by atoms with E-state index in [1.807, 2.05) is 7.05 Å². The van der Waals surface area contributed by atoms with Gasteiger partial charge in [-0.15, -0.1) is 24.0 Å². The number of guanidine groups is 1. The smallest absolute Gasteiger partial charge is 0.191 e. The molecule has 33 heavy (non-hydrogen) atoms. The van der Waals surface area contributed by atoms with Crippen molar-refractivity contribution in [3.05, 3.63) is 35.4 Å². The minimum absolute atomic E-state index is 0. The molecule has 2 aliphatic carbocycles. The van der Waals surface area contributed by atoms with Gasteiger partial charge < -0.3 is 20.5 Å². The monoisotopic (exact) mass is 570 g/mol. The summed E-state index contributed by atoms with van der Waals surface area (Å²) in [6.45, 7) is 6.62. The summed E-state index contributed by atoms with van der Waals surface area (Å²) in [6, 6.07) is 9.34. The molecule has 1 spiro atoms. The van der Waals surface area contributed by atoms with Gasteiger partial charge >= 0.3 is 0 Å². The van der Waals surface area contributed by atoms with E-state index in [2.05, 4.69) is 51.7 Å². The Hall–Kier alpha value is -0.900. The van der Waals surface area contributed by atoms with Crippen molar-refractivity contribution in [1.82, 2.24) is 15.5 Å². The Labute approximate surface area is 217 Å². The van der Waals surface area contributed by atoms with Crippen molar-refractivity contribution < 1.29 is 9.84 Å². The molecular weight excluding hydrogens is 527 g/mol. The van der Waals surface area contributed by atoms with Crippen LogP contribution in [-0.4, -0.2) is 61.0 Å². The number of halogens is 1. The van der Waals surface area contributed by atoms with Crippen molar-refractivity contribution in [1.29, 1.82) is 0 Å². The number of benzene rings is 1. The summed E-state index contributed by atoms with van der Waals surface area (Å²) in [6.07, 6.45) is 9.68. The molecule has 7 heteroatoms. The number of aliphatic imine (C=N–C) groups is 1. The van der Waals surface area contributed by atoms with Gasteiger partial charge in [-0.2, -0.15) is 0 Å². The fourth-order valence-electron chi connectivity index (χ4n) is 5.91. The average molecular weight is 571 g/mol. The number of piperidine rings is 1. The largest absolute Gasteiger partial charge is 0.393 e. The lowest BCUT2D eigenvalue weighted by atomic mass is 9.55. The molecule has 1 aromatic rings. The lowest BCUT2D eigenvalue weighted by Crippen LogP contribution is -2.66. The Morgan fingerprint density at radius 1 is 1.12 bits per heavy atom. The van der Waals surface area contributed by atoms with E-state index >= 15 is 0 Å². The Balaban J connectivity index is 0.00000306. The normalized spacial score (nSPS) is 25.8. The average Bonchev–Trinajstić information content (AvgIpc) is 2.83. The highest BCUT2D eigenvalue weighted by Crippen LogP contribution is 2.53. The van der Waals surface area contributed by atoms with Crippen LogP contribution in [0.1, 0.15) is 69.4 Å². The molecule has 3 fully saturated rings. The van der Waals surface area contributed by atoms with E-state index in [4.69, 9.17) is 4.74 Å². The molecule has 3 aliphatic rings. The van der Waals surface area contributed by atoms with Crippen molar-refractivity contribution in [3.8, 4) is 0 Å². The molecule has 2 saturated carbocycles. The molecule has 1 aliphatic heterocycles. The molecule has 186 valence electrons. The predicted molar refractivity (Wildman–Crippen MR) is 145 cm³/mol. The van der Waals surface area contributed by atoms with Crippen LogP contribution in [0.15, 0.2) is 29.3 Å². The highest BCUT2D eigenvalue weighted by atomic mass is 127. The fourth-order valence-corrected chi connectivity index (χ4v) is 5.91. The first kappa shape index (κ1) is 26.7. The summed E-state index contributed by atoms with van der Waals surface area (Å²) < 4.78 is 6.10. The number of aliphatic hydroxyl groups is 1. The molecule has 6 nitrogen and oxygen atoms in total. The van der Waals surface area contributed by atoms with Gasteiger partial charge in [-0.3, -0.25) is 9.89 Å². The number of ether oxygens (including phenoxy) is 1. The van der Waals surface area contributed by atoms with Crippen LogP contribution in [0.2, 0.25) is 0 Å². The molecular formula is C26H43IN4O2. The minimum atomic E-state index is -0.110. The van der Waals surface area contributed by atoms with Crippen LogP contribution in [0, 0.1) is 5.41 Å². The van der Waals surface area contributed by atoms with Gasteiger partial charge in [-0.05, 0) is 50.2 Å². The van der Waals surface area contributed by atoms with Crippen molar-refractivity contribution in [2.45, 2.75) is 89.6 Å². The van der Waals surface area contributed by atoms with E-state index < -0.39 is 0 Å². The molecule has 0 aromatic heterocycles. The minimum Gasteiger partial charge on any atom is -0.393 e. The van der Waals surface area contributed by atoms with E-state index in [0.29, 0.717) is 12.1 Å². The van der Waals surface area contributed by atoms with Gasteiger partial charge in [0.1, 0.15) is 0 Å². The summed E-state index contributed by atoms with van der Waals surface area (Å²) in [5, 5.41) is 16.9. The lowest BCUT2D eigenvalue weighted by Gasteiger charge is -2.57. The maximum absolute atomic E-state index is 9.68. The van der Waals surface area contributed by atoms with Gasteiger partial charge in [0, 0.05) is 51.3 Å². The first-order valence-electron chi connectivity index (χ1n) is 12.7. The third-order valence-electron chi connectivity index (χ3n) is 7.92. The Morgan fingerprint density at radius 2 is 1.79 bits per heavy atom. The zero-order valence-electron chi connectivity index (χ0n) is 20.4. The topological polar surface area (TPSA) is 69.1 Å². The van der Waals surface area contributed by atoms with E-state index in [1.165, 1.54) is 43.2 Å². The lowest BCUT2D eigenvalue weighted by molar-refractivity contribution is -0.145. The highest BCUT2D eigenvalue weighted by molar-refractivity contribution is 14.0. The van der Waals surface area contributed by atoms with Crippen molar-refractivity contribution in [2.24, 2.45) is 10.4 Å². The second-order valence-electron chi connectivity index (χ2n) is 9.92. The van der Waals surface area contributed by atoms with Crippen LogP contribution in [0.25, 0.3) is 0 Å². The second kappa shape index (κ2) is 12.7. The number of likely N-dealkylation sites (tertiary alicyclic amines) is 1. The number of nitrogens with zero attached hydrogens (tertiary/aromatic N) is 2. The third kappa shape index (κ3) is 6.61. The summed E-state index contributed by atoms with van der Waals surface area (Å²) in [5.74, 6) is 0.894. The van der Waals surface area contributed by atoms with Gasteiger partial charge in [0.2, 0.25) is 0 Å². The Kier molecular flexibility index (Phi) is 10.3. The van der Waals surface area contributed by atoms with Crippen LogP contribution in [0.3, 0.4) is 0 Å². The predicted octanol–water partition coefficient (Wildman–Crippen LogP) is 4.05. The standard InChI is InChI=1S/C26H42N4O2.HI/c1-3-32-24-17-23(26(24)13-5-4-6-14-26)29-25(27-2)28-18-20-7-9-21(10-8-20)19-30-15-11-22(31)12-16-30;/h7-10,22-24,31H,3-6,11-19H2,1-2H3,(H2,27,28,29);1H. The molecule has 4 rings (SSSR count). The molecule has 2 atom stereocenters. The molecule has 1 aromatic carbocycles. The van der Waals surface area contributed by atoms with Crippen LogP contribution in [0.4, 0.5) is 0 Å². The zero-order valence-corrected chi connectivity index (χ0v) is 22.7. The van der Waals surface area contributed by atoms with Gasteiger partial charge in [0.15, 0.2) is 5.96 Å². The van der Waals surface area contributed by atoms with E-state index in [9.17, 15) is 5.11 Å². The molecule has 3 N–H and O–H groups in total. The zero-order chi connectivity index (χ0) is 22.4. The van der Waals surface area contributed by atoms with Crippen LogP contribution < -0.4 is 10.6 Å². The molecule has 0 radical (unpaired) electrons. The maximum atomic E-state index is 9.68. The number of nitrogens with one attached hydrogen (secondary N) is 2. The van der Waals surface area contributed by atoms with Crippen LogP contribution in [-0.2, 0) is 17.8 Å². The summed E-state index contributed by atoms with van der Waals surface area (Å²) >= 11 is 0. The van der Waals surface area contributed by atoms with Gasteiger partial charge in [0.05, 0.1) is 12.2 Å². The molecule has 0 bridgehead atoms. The quantitative estimate of drug-likeness (QED) is 0.262. The van der Waals surface area contributed by atoms with Gasteiger partial charge in [-0.1, -0.05) is 43.5 Å². The second-order valence-corrected chi connectivity index (χ2v) is 9.92. The molecule has 1 heterocycles. The first-order chi connectivity index (χ1) is 15.6. The molecule has 2 unspecified atom stereocenters. The summed E-state index contributed by atoms with van der Waals surface area (Å²) in [5.41, 5.74) is 2.89. The number of hydrogen-bond acceptors (Lipinski definition) is 4. The Morgan fingerprint density at radius 3 is 2.42 bits per heavy atom. The van der Waals surface area contributed by atoms with Crippen molar-refractivity contribution in [2.75, 3.05) is 26.7 Å². The van der Waals surface area contributed by atoms with Crippen LogP contribution in [0.5, 0.6) is 0 Å². The van der Waals surface area contributed by atoms with E-state index in [1.54, 1.807) is 0 Å². The van der Waals surface area contributed by atoms with Gasteiger partial charge in [0.25, 0.3) is 0 Å². The number of aliphatic hydroxyl groups excluding tert-OH is 1. The summed E-state index contributed by atoms with van der Waals surface area (Å²) in [4.78, 5) is 6.93. The maximum Gasteiger partial charge on any atom is 0.191 e. The first-order valence-corrected chi connectivity index (χ1v) is 12.7. The highest BCUT2D eigenvalue weighted by Gasteiger charge is 2.55. The fraction of sp³-hybridized carbons (Fsp3) is 0.731. The van der Waals surface area contributed by atoms with E-state index in [-0.39, 0.29) is 35.5 Å². The Bertz CT molecular complexity index is 743. The van der Waals surface area contributed by atoms with E-state index in [0.717, 1.165) is 58.0 Å². The SMILES string of the molecule is CCOC1CC(NC(=NC)NCc2ccc(CN3CCC(O)CC3)cc2)C12CCCCC2.I. The summed E-state index contributed by atoms with van der Waals surface area (Å²) in [7, 11) is 1.86. The van der Waals surface area contributed by atoms with Crippen molar-refractivity contribution in [3.63, 3.8) is 0 Å². The third-order valence-corrected chi connectivity index (χ3v) is 7.92. The molecule has 1 saturated heterocycles. The number of rotatable bonds is 7. The number of hydrogen-bond donors (Lipinski definition) is 3.